The molecule has 32 heavy (non-hydrogen) atoms. The predicted molar refractivity (Wildman–Crippen MR) is 119 cm³/mol. The van der Waals surface area contributed by atoms with E-state index in [-0.39, 0.29) is 29.5 Å². The number of nitrogens with zero attached hydrogens (tertiary/aromatic N) is 3. The summed E-state index contributed by atoms with van der Waals surface area (Å²) < 4.78 is 4.94. The van der Waals surface area contributed by atoms with E-state index >= 15 is 0 Å². The molecule has 2 aliphatic heterocycles. The summed E-state index contributed by atoms with van der Waals surface area (Å²) in [7, 11) is 0. The Bertz CT molecular complexity index is 1010. The van der Waals surface area contributed by atoms with E-state index in [0.29, 0.717) is 60.3 Å². The van der Waals surface area contributed by atoms with Gasteiger partial charge in [0, 0.05) is 47.4 Å². The summed E-state index contributed by atoms with van der Waals surface area (Å²) in [4.78, 5) is 41.9. The molecule has 1 aromatic carbocycles. The zero-order chi connectivity index (χ0) is 22.8. The van der Waals surface area contributed by atoms with Crippen molar-refractivity contribution < 1.29 is 18.9 Å². The molecule has 2 fully saturated rings. The van der Waals surface area contributed by atoms with Gasteiger partial charge in [0.25, 0.3) is 11.8 Å². The van der Waals surface area contributed by atoms with Crippen molar-refractivity contribution >= 4 is 40.9 Å². The first kappa shape index (κ1) is 22.6. The van der Waals surface area contributed by atoms with Crippen LogP contribution in [0.25, 0.3) is 0 Å². The maximum absolute atomic E-state index is 13.2. The monoisotopic (exact) mass is 478 g/mol. The minimum Gasteiger partial charge on any atom is -0.361 e. The summed E-state index contributed by atoms with van der Waals surface area (Å²) >= 11 is 12.1. The molecule has 1 atom stereocenters. The first-order valence-corrected chi connectivity index (χ1v) is 11.4. The molecule has 1 aromatic heterocycles. The van der Waals surface area contributed by atoms with Crippen LogP contribution in [0.4, 0.5) is 0 Å². The number of rotatable bonds is 4. The maximum atomic E-state index is 13.2. The smallest absolute Gasteiger partial charge is 0.273 e. The van der Waals surface area contributed by atoms with E-state index in [2.05, 4.69) is 10.5 Å². The standard InChI is InChI=1S/C22H24Cl2N4O4/c1-13-9-18(26-32-13)20(29)25-17-4-7-27(8-5-17)22(31)19-3-2-6-28(19)21(30)14-10-15(23)12-16(24)11-14/h9-12,17,19H,2-8H2,1H3,(H,25,29)/t19-/m0/s1. The fourth-order valence-electron chi connectivity index (χ4n) is 4.30. The fourth-order valence-corrected chi connectivity index (χ4v) is 4.82. The van der Waals surface area contributed by atoms with Crippen molar-refractivity contribution in [2.45, 2.75) is 44.7 Å². The highest BCUT2D eigenvalue weighted by molar-refractivity contribution is 6.35. The Balaban J connectivity index is 1.35. The molecule has 2 aliphatic rings. The van der Waals surface area contributed by atoms with E-state index in [4.69, 9.17) is 27.7 Å². The Labute approximate surface area is 195 Å². The van der Waals surface area contributed by atoms with Crippen LogP contribution < -0.4 is 5.32 Å². The van der Waals surface area contributed by atoms with Gasteiger partial charge in [-0.3, -0.25) is 14.4 Å². The molecule has 0 unspecified atom stereocenters. The van der Waals surface area contributed by atoms with Gasteiger partial charge >= 0.3 is 0 Å². The van der Waals surface area contributed by atoms with Gasteiger partial charge < -0.3 is 19.6 Å². The normalized spacial score (nSPS) is 19.3. The maximum Gasteiger partial charge on any atom is 0.273 e. The Morgan fingerprint density at radius 3 is 2.34 bits per heavy atom. The van der Waals surface area contributed by atoms with Gasteiger partial charge in [0.1, 0.15) is 11.8 Å². The molecule has 1 N–H and O–H groups in total. The Morgan fingerprint density at radius 2 is 1.72 bits per heavy atom. The molecule has 4 rings (SSSR count). The van der Waals surface area contributed by atoms with Gasteiger partial charge in [0.15, 0.2) is 5.69 Å². The van der Waals surface area contributed by atoms with Gasteiger partial charge in [0.2, 0.25) is 5.91 Å². The average Bonchev–Trinajstić information content (AvgIpc) is 3.42. The van der Waals surface area contributed by atoms with E-state index in [0.717, 1.165) is 6.42 Å². The molecular weight excluding hydrogens is 455 g/mol. The summed E-state index contributed by atoms with van der Waals surface area (Å²) in [5.74, 6) is 0.00170. The van der Waals surface area contributed by atoms with Crippen molar-refractivity contribution in [2.75, 3.05) is 19.6 Å². The van der Waals surface area contributed by atoms with Crippen LogP contribution in [0.1, 0.15) is 52.3 Å². The molecule has 2 aromatic rings. The van der Waals surface area contributed by atoms with Crippen LogP contribution in [0, 0.1) is 6.92 Å². The fraction of sp³-hybridized carbons (Fsp3) is 0.455. The molecule has 0 aliphatic carbocycles. The lowest BCUT2D eigenvalue weighted by Crippen LogP contribution is -2.52. The first-order chi connectivity index (χ1) is 15.3. The van der Waals surface area contributed by atoms with Crippen molar-refractivity contribution in [3.63, 3.8) is 0 Å². The first-order valence-electron chi connectivity index (χ1n) is 10.6. The van der Waals surface area contributed by atoms with E-state index in [1.165, 1.54) is 0 Å². The SMILES string of the molecule is Cc1cc(C(=O)NC2CCN(C(=O)[C@@H]3CCCN3C(=O)c3cc(Cl)cc(Cl)c3)CC2)no1. The third-order valence-electron chi connectivity index (χ3n) is 5.91. The lowest BCUT2D eigenvalue weighted by atomic mass is 10.0. The molecule has 3 heterocycles. The van der Waals surface area contributed by atoms with Crippen LogP contribution in [-0.2, 0) is 4.79 Å². The predicted octanol–water partition coefficient (Wildman–Crippen LogP) is 3.32. The molecule has 3 amide bonds. The highest BCUT2D eigenvalue weighted by Crippen LogP contribution is 2.26. The molecule has 0 radical (unpaired) electrons. The number of hydrogen-bond acceptors (Lipinski definition) is 5. The summed E-state index contributed by atoms with van der Waals surface area (Å²) in [6, 6.07) is 5.76. The van der Waals surface area contributed by atoms with Crippen molar-refractivity contribution in [1.29, 1.82) is 0 Å². The van der Waals surface area contributed by atoms with Gasteiger partial charge in [-0.1, -0.05) is 28.4 Å². The number of carbonyl (C=O) groups excluding carboxylic acids is 3. The average molecular weight is 479 g/mol. The number of aromatic nitrogens is 1. The largest absolute Gasteiger partial charge is 0.361 e. The van der Waals surface area contributed by atoms with Crippen LogP contribution in [0.5, 0.6) is 0 Å². The second-order valence-corrected chi connectivity index (χ2v) is 9.08. The van der Waals surface area contributed by atoms with Crippen LogP contribution in [-0.4, -0.2) is 64.4 Å². The van der Waals surface area contributed by atoms with Crippen LogP contribution in [0.15, 0.2) is 28.8 Å². The second-order valence-electron chi connectivity index (χ2n) is 8.21. The number of carbonyl (C=O) groups is 3. The molecule has 0 saturated carbocycles. The number of amides is 3. The molecule has 10 heteroatoms. The number of aryl methyl sites for hydroxylation is 1. The Morgan fingerprint density at radius 1 is 1.03 bits per heavy atom. The highest BCUT2D eigenvalue weighted by atomic mass is 35.5. The van der Waals surface area contributed by atoms with Crippen LogP contribution >= 0.6 is 23.2 Å². The van der Waals surface area contributed by atoms with Crippen molar-refractivity contribution in [1.82, 2.24) is 20.3 Å². The van der Waals surface area contributed by atoms with Gasteiger partial charge in [-0.05, 0) is 50.8 Å². The quantitative estimate of drug-likeness (QED) is 0.726. The minimum atomic E-state index is -0.496. The van der Waals surface area contributed by atoms with E-state index < -0.39 is 6.04 Å². The summed E-state index contributed by atoms with van der Waals surface area (Å²) in [6.45, 7) is 3.28. The lowest BCUT2D eigenvalue weighted by Gasteiger charge is -2.35. The Hall–Kier alpha value is -2.58. The number of halogens is 2. The third-order valence-corrected chi connectivity index (χ3v) is 6.35. The van der Waals surface area contributed by atoms with Crippen molar-refractivity contribution in [3.8, 4) is 0 Å². The topological polar surface area (TPSA) is 95.8 Å². The molecule has 0 spiro atoms. The summed E-state index contributed by atoms with van der Waals surface area (Å²) in [6.07, 6.45) is 2.67. The minimum absolute atomic E-state index is 0.0431. The van der Waals surface area contributed by atoms with Gasteiger partial charge in [-0.2, -0.15) is 0 Å². The number of benzene rings is 1. The Kier molecular flexibility index (Phi) is 6.71. The number of likely N-dealkylation sites (tertiary alicyclic amines) is 2. The molecule has 170 valence electrons. The van der Waals surface area contributed by atoms with Gasteiger partial charge in [0.05, 0.1) is 0 Å². The molecule has 2 saturated heterocycles. The second kappa shape index (κ2) is 9.50. The van der Waals surface area contributed by atoms with Crippen LogP contribution in [0.3, 0.4) is 0 Å². The highest BCUT2D eigenvalue weighted by Gasteiger charge is 2.38. The van der Waals surface area contributed by atoms with Crippen molar-refractivity contribution in [3.05, 3.63) is 51.3 Å². The van der Waals surface area contributed by atoms with E-state index in [1.807, 2.05) is 0 Å². The number of hydrogen-bond donors (Lipinski definition) is 1. The number of nitrogens with one attached hydrogen (secondary N) is 1. The zero-order valence-corrected chi connectivity index (χ0v) is 19.2. The molecule has 0 bridgehead atoms. The van der Waals surface area contributed by atoms with Crippen molar-refractivity contribution in [2.24, 2.45) is 0 Å². The number of piperidine rings is 1. The van der Waals surface area contributed by atoms with E-state index in [1.54, 1.807) is 41.0 Å². The van der Waals surface area contributed by atoms with Crippen LogP contribution in [0.2, 0.25) is 10.0 Å². The zero-order valence-electron chi connectivity index (χ0n) is 17.6. The van der Waals surface area contributed by atoms with Gasteiger partial charge in [-0.25, -0.2) is 0 Å². The summed E-state index contributed by atoms with van der Waals surface area (Å²) in [5.41, 5.74) is 0.633. The van der Waals surface area contributed by atoms with E-state index in [9.17, 15) is 14.4 Å². The summed E-state index contributed by atoms with van der Waals surface area (Å²) in [5, 5.41) is 7.44. The third kappa shape index (κ3) is 4.91. The molecule has 8 nitrogen and oxygen atoms in total. The molecular formula is C22H24Cl2N4O4. The lowest BCUT2D eigenvalue weighted by molar-refractivity contribution is -0.136. The van der Waals surface area contributed by atoms with Gasteiger partial charge in [-0.15, -0.1) is 0 Å².